The predicted molar refractivity (Wildman–Crippen MR) is 76.3 cm³/mol. The van der Waals surface area contributed by atoms with Crippen LogP contribution in [0.15, 0.2) is 0 Å². The SMILES string of the molecule is CCNC1(C(=O)O)CCC(N(CC)CC2CCC2)C1. The van der Waals surface area contributed by atoms with Gasteiger partial charge in [0.25, 0.3) is 0 Å². The molecule has 0 radical (unpaired) electrons. The molecule has 2 rings (SSSR count). The van der Waals surface area contributed by atoms with Gasteiger partial charge in [-0.2, -0.15) is 0 Å². The highest BCUT2D eigenvalue weighted by molar-refractivity contribution is 5.79. The van der Waals surface area contributed by atoms with E-state index in [0.717, 1.165) is 38.3 Å². The van der Waals surface area contributed by atoms with E-state index in [4.69, 9.17) is 0 Å². The Labute approximate surface area is 116 Å². The van der Waals surface area contributed by atoms with Crippen molar-refractivity contribution >= 4 is 5.97 Å². The van der Waals surface area contributed by atoms with Crippen molar-refractivity contribution in [2.45, 2.75) is 64.0 Å². The minimum absolute atomic E-state index is 0.445. The van der Waals surface area contributed by atoms with Crippen molar-refractivity contribution < 1.29 is 9.90 Å². The summed E-state index contributed by atoms with van der Waals surface area (Å²) in [5, 5.41) is 12.7. The maximum Gasteiger partial charge on any atom is 0.323 e. The van der Waals surface area contributed by atoms with Crippen LogP contribution in [0.4, 0.5) is 0 Å². The van der Waals surface area contributed by atoms with Crippen LogP contribution in [0.1, 0.15) is 52.4 Å². The van der Waals surface area contributed by atoms with Crippen LogP contribution >= 0.6 is 0 Å². The molecule has 0 aromatic carbocycles. The number of nitrogens with one attached hydrogen (secondary N) is 1. The molecule has 2 aliphatic rings. The molecule has 0 bridgehead atoms. The molecule has 0 aromatic heterocycles. The maximum atomic E-state index is 11.6. The summed E-state index contributed by atoms with van der Waals surface area (Å²) in [5.74, 6) is 0.190. The number of likely N-dealkylation sites (N-methyl/N-ethyl adjacent to an activating group) is 1. The second kappa shape index (κ2) is 6.23. The van der Waals surface area contributed by atoms with Crippen molar-refractivity contribution in [3.8, 4) is 0 Å². The molecule has 19 heavy (non-hydrogen) atoms. The standard InChI is InChI=1S/C15H28N2O2/c1-3-16-15(14(18)19)9-8-13(10-15)17(4-2)11-12-6-5-7-12/h12-13,16H,3-11H2,1-2H3,(H,18,19). The number of aliphatic carboxylic acids is 1. The third kappa shape index (κ3) is 3.11. The van der Waals surface area contributed by atoms with Crippen molar-refractivity contribution in [3.05, 3.63) is 0 Å². The van der Waals surface area contributed by atoms with Gasteiger partial charge in [0.05, 0.1) is 0 Å². The normalized spacial score (nSPS) is 31.6. The first kappa shape index (κ1) is 14.8. The second-order valence-corrected chi connectivity index (χ2v) is 6.20. The van der Waals surface area contributed by atoms with Gasteiger partial charge in [-0.25, -0.2) is 0 Å². The van der Waals surface area contributed by atoms with E-state index < -0.39 is 11.5 Å². The lowest BCUT2D eigenvalue weighted by molar-refractivity contribution is -0.144. The molecule has 2 atom stereocenters. The highest BCUT2D eigenvalue weighted by Gasteiger charge is 2.46. The highest BCUT2D eigenvalue weighted by atomic mass is 16.4. The van der Waals surface area contributed by atoms with Gasteiger partial charge in [0.2, 0.25) is 0 Å². The van der Waals surface area contributed by atoms with E-state index in [1.54, 1.807) is 0 Å². The third-order valence-electron chi connectivity index (χ3n) is 5.05. The Kier molecular flexibility index (Phi) is 4.85. The van der Waals surface area contributed by atoms with Crippen molar-refractivity contribution in [2.75, 3.05) is 19.6 Å². The predicted octanol–water partition coefficient (Wildman–Crippen LogP) is 2.09. The van der Waals surface area contributed by atoms with Crippen LogP contribution in [-0.2, 0) is 4.79 Å². The van der Waals surface area contributed by atoms with Crippen LogP contribution in [0, 0.1) is 5.92 Å². The Bertz CT molecular complexity index is 317. The third-order valence-corrected chi connectivity index (χ3v) is 5.05. The molecule has 0 spiro atoms. The largest absolute Gasteiger partial charge is 0.480 e. The lowest BCUT2D eigenvalue weighted by Gasteiger charge is -2.36. The van der Waals surface area contributed by atoms with Crippen LogP contribution in [0.2, 0.25) is 0 Å². The van der Waals surface area contributed by atoms with E-state index >= 15 is 0 Å². The Morgan fingerprint density at radius 1 is 1.37 bits per heavy atom. The summed E-state index contributed by atoms with van der Waals surface area (Å²) in [6.45, 7) is 7.14. The smallest absolute Gasteiger partial charge is 0.323 e. The quantitative estimate of drug-likeness (QED) is 0.742. The number of rotatable bonds is 7. The molecule has 2 N–H and O–H groups in total. The van der Waals surface area contributed by atoms with Crippen LogP contribution in [0.3, 0.4) is 0 Å². The van der Waals surface area contributed by atoms with Crippen LogP contribution in [-0.4, -0.2) is 47.2 Å². The average Bonchev–Trinajstić information content (AvgIpc) is 2.74. The van der Waals surface area contributed by atoms with Gasteiger partial charge in [-0.3, -0.25) is 4.79 Å². The Morgan fingerprint density at radius 2 is 2.11 bits per heavy atom. The molecular weight excluding hydrogens is 240 g/mol. The monoisotopic (exact) mass is 268 g/mol. The summed E-state index contributed by atoms with van der Waals surface area (Å²) < 4.78 is 0. The molecule has 0 aromatic rings. The molecule has 2 saturated carbocycles. The molecule has 4 nitrogen and oxygen atoms in total. The van der Waals surface area contributed by atoms with Gasteiger partial charge >= 0.3 is 5.97 Å². The molecular formula is C15H28N2O2. The van der Waals surface area contributed by atoms with Crippen molar-refractivity contribution in [1.82, 2.24) is 10.2 Å². The molecule has 4 heteroatoms. The van der Waals surface area contributed by atoms with E-state index in [0.29, 0.717) is 6.04 Å². The van der Waals surface area contributed by atoms with Gasteiger partial charge in [0.1, 0.15) is 5.54 Å². The summed E-state index contributed by atoms with van der Waals surface area (Å²) in [6.07, 6.45) is 6.64. The van der Waals surface area contributed by atoms with E-state index in [2.05, 4.69) is 17.1 Å². The van der Waals surface area contributed by atoms with Gasteiger partial charge in [0.15, 0.2) is 0 Å². The topological polar surface area (TPSA) is 52.6 Å². The number of hydrogen-bond donors (Lipinski definition) is 2. The summed E-state index contributed by atoms with van der Waals surface area (Å²) in [5.41, 5.74) is -0.674. The summed E-state index contributed by atoms with van der Waals surface area (Å²) in [4.78, 5) is 14.1. The van der Waals surface area contributed by atoms with E-state index in [1.165, 1.54) is 25.8 Å². The fourth-order valence-corrected chi connectivity index (χ4v) is 3.64. The minimum Gasteiger partial charge on any atom is -0.480 e. The number of carbonyl (C=O) groups is 1. The van der Waals surface area contributed by atoms with E-state index in [1.807, 2.05) is 6.92 Å². The van der Waals surface area contributed by atoms with Gasteiger partial charge in [-0.05, 0) is 51.1 Å². The Balaban J connectivity index is 1.95. The molecule has 2 unspecified atom stereocenters. The van der Waals surface area contributed by atoms with Crippen LogP contribution in [0.25, 0.3) is 0 Å². The number of carboxylic acids is 1. The zero-order valence-electron chi connectivity index (χ0n) is 12.3. The maximum absolute atomic E-state index is 11.6. The average molecular weight is 268 g/mol. The fourth-order valence-electron chi connectivity index (χ4n) is 3.64. The van der Waals surface area contributed by atoms with Gasteiger partial charge in [-0.15, -0.1) is 0 Å². The number of nitrogens with zero attached hydrogens (tertiary/aromatic N) is 1. The minimum atomic E-state index is -0.674. The van der Waals surface area contributed by atoms with Gasteiger partial charge in [0, 0.05) is 12.6 Å². The van der Waals surface area contributed by atoms with E-state index in [9.17, 15) is 9.90 Å². The van der Waals surface area contributed by atoms with Crippen molar-refractivity contribution in [3.63, 3.8) is 0 Å². The van der Waals surface area contributed by atoms with E-state index in [-0.39, 0.29) is 0 Å². The Morgan fingerprint density at radius 3 is 2.58 bits per heavy atom. The number of carboxylic acid groups (broad SMARTS) is 1. The summed E-state index contributed by atoms with van der Waals surface area (Å²) in [7, 11) is 0. The fraction of sp³-hybridized carbons (Fsp3) is 0.933. The van der Waals surface area contributed by atoms with Crippen LogP contribution in [0.5, 0.6) is 0 Å². The zero-order chi connectivity index (χ0) is 13.9. The lowest BCUT2D eigenvalue weighted by Crippen LogP contribution is -2.51. The van der Waals surface area contributed by atoms with Crippen molar-refractivity contribution in [2.24, 2.45) is 5.92 Å². The first-order valence-corrected chi connectivity index (χ1v) is 7.83. The summed E-state index contributed by atoms with van der Waals surface area (Å²) in [6, 6.07) is 0.445. The lowest BCUT2D eigenvalue weighted by atomic mass is 9.84. The van der Waals surface area contributed by atoms with Gasteiger partial charge in [-0.1, -0.05) is 20.3 Å². The molecule has 110 valence electrons. The molecule has 2 aliphatic carbocycles. The molecule has 0 heterocycles. The van der Waals surface area contributed by atoms with Crippen LogP contribution < -0.4 is 5.32 Å². The number of hydrogen-bond acceptors (Lipinski definition) is 3. The Hall–Kier alpha value is -0.610. The molecule has 0 amide bonds. The first-order valence-electron chi connectivity index (χ1n) is 7.83. The molecule has 2 fully saturated rings. The zero-order valence-corrected chi connectivity index (χ0v) is 12.3. The highest BCUT2D eigenvalue weighted by Crippen LogP contribution is 2.35. The first-order chi connectivity index (χ1) is 9.11. The molecule has 0 aliphatic heterocycles. The molecule has 0 saturated heterocycles. The summed E-state index contributed by atoms with van der Waals surface area (Å²) >= 11 is 0. The second-order valence-electron chi connectivity index (χ2n) is 6.20. The van der Waals surface area contributed by atoms with Gasteiger partial charge < -0.3 is 15.3 Å². The van der Waals surface area contributed by atoms with Crippen molar-refractivity contribution in [1.29, 1.82) is 0 Å².